The number of furan rings is 1. The normalized spacial score (nSPS) is 15.3. The second-order valence-corrected chi connectivity index (χ2v) is 7.68. The van der Waals surface area contributed by atoms with Crippen LogP contribution in [0.25, 0.3) is 22.2 Å². The Balaban J connectivity index is 2.05. The van der Waals surface area contributed by atoms with Gasteiger partial charge in [0.2, 0.25) is 11.6 Å². The fraction of sp³-hybridized carbons (Fsp3) is 0.400. The van der Waals surface area contributed by atoms with E-state index in [0.717, 1.165) is 30.3 Å². The van der Waals surface area contributed by atoms with Crippen LogP contribution < -0.4 is 16.6 Å². The summed E-state index contributed by atoms with van der Waals surface area (Å²) in [5, 5.41) is 3.64. The minimum Gasteiger partial charge on any atom is -0.423 e. The van der Waals surface area contributed by atoms with Gasteiger partial charge in [0.15, 0.2) is 0 Å². The highest BCUT2D eigenvalue weighted by atomic mass is 35.5. The maximum absolute atomic E-state index is 14.8. The molecule has 4 rings (SSSR count). The van der Waals surface area contributed by atoms with Gasteiger partial charge >= 0.3 is 5.69 Å². The van der Waals surface area contributed by atoms with E-state index in [1.807, 2.05) is 0 Å². The Hall–Kier alpha value is -2.54. The molecule has 1 N–H and O–H groups in total. The summed E-state index contributed by atoms with van der Waals surface area (Å²) in [5.41, 5.74) is -0.605. The standard InChI is InChI=1S/C20H21ClFN3O3/c1-24-18(26)16-15(14-12(21)9-6-10-13(14)22)17(23-11-7-4-3-5-8-11)28-19(16)25(2)20(24)27/h6,9-11,23H,3-5,7-8H2,1-2H3. The molecule has 148 valence electrons. The zero-order valence-electron chi connectivity index (χ0n) is 15.7. The van der Waals surface area contributed by atoms with Gasteiger partial charge in [-0.2, -0.15) is 0 Å². The van der Waals surface area contributed by atoms with Crippen LogP contribution in [0.5, 0.6) is 0 Å². The van der Waals surface area contributed by atoms with Crippen LogP contribution in [0, 0.1) is 5.82 Å². The van der Waals surface area contributed by atoms with Crippen molar-refractivity contribution in [3.8, 4) is 11.1 Å². The maximum Gasteiger partial charge on any atom is 0.333 e. The zero-order chi connectivity index (χ0) is 20.0. The van der Waals surface area contributed by atoms with Crippen molar-refractivity contribution < 1.29 is 8.81 Å². The van der Waals surface area contributed by atoms with E-state index in [4.69, 9.17) is 16.0 Å². The van der Waals surface area contributed by atoms with Crippen molar-refractivity contribution in [2.45, 2.75) is 38.1 Å². The molecule has 2 aromatic heterocycles. The van der Waals surface area contributed by atoms with E-state index in [-0.39, 0.29) is 39.2 Å². The number of aromatic nitrogens is 2. The third-order valence-corrected chi connectivity index (χ3v) is 5.75. The summed E-state index contributed by atoms with van der Waals surface area (Å²) in [6.45, 7) is 0. The molecule has 0 bridgehead atoms. The highest BCUT2D eigenvalue weighted by Gasteiger charge is 2.28. The second kappa shape index (κ2) is 7.13. The van der Waals surface area contributed by atoms with Gasteiger partial charge < -0.3 is 9.73 Å². The lowest BCUT2D eigenvalue weighted by Gasteiger charge is -2.23. The van der Waals surface area contributed by atoms with Crippen LogP contribution >= 0.6 is 11.6 Å². The molecule has 28 heavy (non-hydrogen) atoms. The number of nitrogens with one attached hydrogen (secondary N) is 1. The lowest BCUT2D eigenvalue weighted by atomic mass is 9.95. The van der Waals surface area contributed by atoms with Crippen LogP contribution in [0.4, 0.5) is 10.3 Å². The number of nitrogens with zero attached hydrogens (tertiary/aromatic N) is 2. The Morgan fingerprint density at radius 3 is 2.50 bits per heavy atom. The van der Waals surface area contributed by atoms with E-state index in [1.165, 1.54) is 37.2 Å². The van der Waals surface area contributed by atoms with Crippen molar-refractivity contribution in [3.63, 3.8) is 0 Å². The van der Waals surface area contributed by atoms with Crippen molar-refractivity contribution in [1.82, 2.24) is 9.13 Å². The fourth-order valence-corrected chi connectivity index (χ4v) is 4.19. The molecule has 0 radical (unpaired) electrons. The van der Waals surface area contributed by atoms with Crippen molar-refractivity contribution >= 4 is 28.6 Å². The van der Waals surface area contributed by atoms with Crippen molar-refractivity contribution in [2.24, 2.45) is 14.1 Å². The number of fused-ring (bicyclic) bond motifs is 1. The van der Waals surface area contributed by atoms with E-state index in [0.29, 0.717) is 0 Å². The number of rotatable bonds is 3. The van der Waals surface area contributed by atoms with Crippen LogP contribution in [-0.4, -0.2) is 15.2 Å². The summed E-state index contributed by atoms with van der Waals surface area (Å²) in [7, 11) is 2.91. The molecule has 1 aliphatic rings. The van der Waals surface area contributed by atoms with Gasteiger partial charge in [-0.25, -0.2) is 9.18 Å². The smallest absolute Gasteiger partial charge is 0.333 e. The number of aryl methyl sites for hydroxylation is 1. The molecule has 0 aliphatic heterocycles. The first kappa shape index (κ1) is 18.8. The van der Waals surface area contributed by atoms with E-state index in [2.05, 4.69) is 5.32 Å². The van der Waals surface area contributed by atoms with Gasteiger partial charge in [0.25, 0.3) is 5.56 Å². The Morgan fingerprint density at radius 1 is 1.11 bits per heavy atom. The monoisotopic (exact) mass is 405 g/mol. The molecule has 1 aliphatic carbocycles. The third-order valence-electron chi connectivity index (χ3n) is 5.44. The number of hydrogen-bond acceptors (Lipinski definition) is 4. The highest BCUT2D eigenvalue weighted by Crippen LogP contribution is 2.42. The van der Waals surface area contributed by atoms with Crippen LogP contribution in [0.3, 0.4) is 0 Å². The first-order valence-corrected chi connectivity index (χ1v) is 9.71. The van der Waals surface area contributed by atoms with Gasteiger partial charge in [0.05, 0.1) is 10.6 Å². The summed E-state index contributed by atoms with van der Waals surface area (Å²) in [6.07, 6.45) is 5.28. The molecule has 8 heteroatoms. The summed E-state index contributed by atoms with van der Waals surface area (Å²) in [6, 6.07) is 4.51. The van der Waals surface area contributed by atoms with E-state index in [9.17, 15) is 14.0 Å². The molecule has 1 fully saturated rings. The Bertz CT molecular complexity index is 1150. The summed E-state index contributed by atoms with van der Waals surface area (Å²) in [5.74, 6) is -0.287. The van der Waals surface area contributed by atoms with E-state index < -0.39 is 17.1 Å². The average Bonchev–Trinajstić information content (AvgIpc) is 3.04. The van der Waals surface area contributed by atoms with Crippen LogP contribution in [-0.2, 0) is 14.1 Å². The van der Waals surface area contributed by atoms with Crippen LogP contribution in [0.1, 0.15) is 32.1 Å². The summed E-state index contributed by atoms with van der Waals surface area (Å²) >= 11 is 6.31. The Labute approximate surface area is 165 Å². The first-order valence-electron chi connectivity index (χ1n) is 9.33. The molecular formula is C20H21ClFN3O3. The minimum absolute atomic E-state index is 0.0944. The fourth-order valence-electron chi connectivity index (χ4n) is 3.93. The number of hydrogen-bond donors (Lipinski definition) is 1. The summed E-state index contributed by atoms with van der Waals surface area (Å²) in [4.78, 5) is 25.2. The number of anilines is 1. The van der Waals surface area contributed by atoms with E-state index in [1.54, 1.807) is 6.07 Å². The van der Waals surface area contributed by atoms with Gasteiger partial charge in [-0.1, -0.05) is 36.9 Å². The van der Waals surface area contributed by atoms with Crippen LogP contribution in [0.2, 0.25) is 5.02 Å². The molecule has 0 spiro atoms. The van der Waals surface area contributed by atoms with Gasteiger partial charge in [-0.3, -0.25) is 13.9 Å². The van der Waals surface area contributed by atoms with Crippen molar-refractivity contribution in [3.05, 3.63) is 49.9 Å². The first-order chi connectivity index (χ1) is 13.4. The van der Waals surface area contributed by atoms with Crippen molar-refractivity contribution in [1.29, 1.82) is 0 Å². The second-order valence-electron chi connectivity index (χ2n) is 7.27. The van der Waals surface area contributed by atoms with Crippen molar-refractivity contribution in [2.75, 3.05) is 5.32 Å². The van der Waals surface area contributed by atoms with Gasteiger partial charge in [-0.15, -0.1) is 0 Å². The highest BCUT2D eigenvalue weighted by molar-refractivity contribution is 6.34. The van der Waals surface area contributed by atoms with Gasteiger partial charge in [-0.05, 0) is 25.0 Å². The molecule has 1 aromatic carbocycles. The predicted octanol–water partition coefficient (Wildman–Crippen LogP) is 4.03. The maximum atomic E-state index is 14.8. The van der Waals surface area contributed by atoms with Gasteiger partial charge in [0.1, 0.15) is 11.2 Å². The van der Waals surface area contributed by atoms with E-state index >= 15 is 0 Å². The molecule has 0 unspecified atom stereocenters. The molecule has 0 amide bonds. The summed E-state index contributed by atoms with van der Waals surface area (Å²) < 4.78 is 22.9. The van der Waals surface area contributed by atoms with Gasteiger partial charge in [0, 0.05) is 25.7 Å². The number of halogens is 2. The predicted molar refractivity (Wildman–Crippen MR) is 108 cm³/mol. The topological polar surface area (TPSA) is 69.2 Å². The number of benzene rings is 1. The molecule has 1 saturated carbocycles. The molecule has 0 atom stereocenters. The molecule has 6 nitrogen and oxygen atoms in total. The molecule has 0 saturated heterocycles. The Kier molecular flexibility index (Phi) is 4.79. The third kappa shape index (κ3) is 2.94. The zero-order valence-corrected chi connectivity index (χ0v) is 16.5. The van der Waals surface area contributed by atoms with Crippen LogP contribution in [0.15, 0.2) is 32.2 Å². The minimum atomic E-state index is -0.558. The Morgan fingerprint density at radius 2 is 1.82 bits per heavy atom. The quantitative estimate of drug-likeness (QED) is 0.714. The molecular weight excluding hydrogens is 385 g/mol. The average molecular weight is 406 g/mol. The largest absolute Gasteiger partial charge is 0.423 e. The lowest BCUT2D eigenvalue weighted by molar-refractivity contribution is 0.452. The molecule has 3 aromatic rings. The SMILES string of the molecule is Cn1c(=O)c2c(-c3c(F)cccc3Cl)c(NC3CCCCC3)oc2n(C)c1=O. The molecule has 2 heterocycles. The lowest BCUT2D eigenvalue weighted by Crippen LogP contribution is -2.36.